The number of benzene rings is 1. The summed E-state index contributed by atoms with van der Waals surface area (Å²) in [6.07, 6.45) is 2.62. The van der Waals surface area contributed by atoms with Crippen LogP contribution in [-0.4, -0.2) is 35.0 Å². The van der Waals surface area contributed by atoms with Crippen LogP contribution in [0.4, 0.5) is 0 Å². The van der Waals surface area contributed by atoms with Gasteiger partial charge in [0.15, 0.2) is 0 Å². The van der Waals surface area contributed by atoms with Crippen molar-refractivity contribution >= 4 is 41.8 Å². The molecule has 0 saturated carbocycles. The van der Waals surface area contributed by atoms with Crippen molar-refractivity contribution in [1.82, 2.24) is 20.6 Å². The molecule has 0 bridgehead atoms. The molecule has 7 heteroatoms. The maximum Gasteiger partial charge on any atom is 0.271 e. The molecule has 2 aromatic rings. The van der Waals surface area contributed by atoms with E-state index in [1.54, 1.807) is 6.20 Å². The average Bonchev–Trinajstić information content (AvgIpc) is 2.49. The number of fused-ring (bicyclic) bond motifs is 1. The van der Waals surface area contributed by atoms with E-state index in [9.17, 15) is 4.79 Å². The molecule has 0 spiro atoms. The summed E-state index contributed by atoms with van der Waals surface area (Å²) >= 11 is 0. The number of carbonyl (C=O) groups excluding carboxylic acids is 1. The molecule has 1 aliphatic heterocycles. The summed E-state index contributed by atoms with van der Waals surface area (Å²) in [7, 11) is 0. The van der Waals surface area contributed by atoms with Crippen LogP contribution in [0.1, 0.15) is 23.8 Å². The predicted molar refractivity (Wildman–Crippen MR) is 91.9 cm³/mol. The minimum absolute atomic E-state index is 0. The molecule has 2 atom stereocenters. The number of nitrogens with one attached hydrogen (secondary N) is 2. The zero-order valence-corrected chi connectivity index (χ0v) is 13.9. The third kappa shape index (κ3) is 4.06. The number of hydrogen-bond acceptors (Lipinski definition) is 4. The molecule has 0 aliphatic carbocycles. The monoisotopic (exact) mass is 342 g/mol. The van der Waals surface area contributed by atoms with Gasteiger partial charge in [0.25, 0.3) is 5.91 Å². The number of rotatable bonds is 2. The smallest absolute Gasteiger partial charge is 0.271 e. The lowest BCUT2D eigenvalue weighted by Gasteiger charge is -2.30. The maximum absolute atomic E-state index is 12.3. The number of hydrogen-bond donors (Lipinski definition) is 2. The van der Waals surface area contributed by atoms with Gasteiger partial charge in [0.2, 0.25) is 0 Å². The van der Waals surface area contributed by atoms with Crippen molar-refractivity contribution in [2.75, 3.05) is 13.1 Å². The molecular formula is C15H20Cl2N4O. The minimum Gasteiger partial charge on any atom is -0.346 e. The number of para-hydroxylation sites is 2. The average molecular weight is 343 g/mol. The van der Waals surface area contributed by atoms with Crippen LogP contribution >= 0.6 is 24.8 Å². The number of aromatic nitrogens is 2. The van der Waals surface area contributed by atoms with Crippen LogP contribution < -0.4 is 10.6 Å². The topological polar surface area (TPSA) is 66.9 Å². The second-order valence-electron chi connectivity index (χ2n) is 5.29. The molecule has 1 aromatic heterocycles. The van der Waals surface area contributed by atoms with Gasteiger partial charge in [0.05, 0.1) is 17.2 Å². The molecular weight excluding hydrogens is 323 g/mol. The highest BCUT2D eigenvalue weighted by atomic mass is 35.5. The highest BCUT2D eigenvalue weighted by Gasteiger charge is 2.23. The first kappa shape index (κ1) is 18.6. The number of nitrogens with zero attached hydrogens (tertiary/aromatic N) is 2. The van der Waals surface area contributed by atoms with E-state index in [1.807, 2.05) is 24.3 Å². The molecule has 1 fully saturated rings. The summed E-state index contributed by atoms with van der Waals surface area (Å²) in [5, 5.41) is 6.35. The predicted octanol–water partition coefficient (Wildman–Crippen LogP) is 2.20. The summed E-state index contributed by atoms with van der Waals surface area (Å²) in [6, 6.07) is 7.71. The Balaban J connectivity index is 0.00000121. The molecule has 2 heterocycles. The second kappa shape index (κ2) is 8.27. The van der Waals surface area contributed by atoms with Crippen LogP contribution in [0.5, 0.6) is 0 Å². The molecule has 1 saturated heterocycles. The quantitative estimate of drug-likeness (QED) is 0.877. The van der Waals surface area contributed by atoms with Crippen LogP contribution in [0.2, 0.25) is 0 Å². The number of amides is 1. The van der Waals surface area contributed by atoms with Gasteiger partial charge >= 0.3 is 0 Å². The zero-order valence-electron chi connectivity index (χ0n) is 12.3. The summed E-state index contributed by atoms with van der Waals surface area (Å²) in [4.78, 5) is 20.9. The van der Waals surface area contributed by atoms with E-state index in [1.165, 1.54) is 0 Å². The largest absolute Gasteiger partial charge is 0.346 e. The summed E-state index contributed by atoms with van der Waals surface area (Å²) in [6.45, 7) is 4.00. The van der Waals surface area contributed by atoms with Crippen molar-refractivity contribution in [3.63, 3.8) is 0 Å². The molecule has 120 valence electrons. The summed E-state index contributed by atoms with van der Waals surface area (Å²) in [5.74, 6) is 0.331. The molecule has 22 heavy (non-hydrogen) atoms. The molecule has 1 amide bonds. The van der Waals surface area contributed by atoms with Gasteiger partial charge in [0.1, 0.15) is 5.69 Å². The SMILES string of the molecule is CC1CCNCC1NC(=O)c1cnc2ccccc2n1.Cl.Cl. The van der Waals surface area contributed by atoms with Crippen molar-refractivity contribution in [2.45, 2.75) is 19.4 Å². The van der Waals surface area contributed by atoms with E-state index in [0.29, 0.717) is 11.6 Å². The Bertz CT molecular complexity index is 638. The lowest BCUT2D eigenvalue weighted by molar-refractivity contribution is 0.0910. The summed E-state index contributed by atoms with van der Waals surface area (Å²) in [5.41, 5.74) is 1.92. The van der Waals surface area contributed by atoms with Gasteiger partial charge in [-0.25, -0.2) is 4.98 Å². The van der Waals surface area contributed by atoms with Gasteiger partial charge in [-0.2, -0.15) is 0 Å². The summed E-state index contributed by atoms with van der Waals surface area (Å²) < 4.78 is 0. The molecule has 3 rings (SSSR count). The van der Waals surface area contributed by atoms with Crippen LogP contribution in [0, 0.1) is 5.92 Å². The first-order valence-corrected chi connectivity index (χ1v) is 6.97. The molecule has 2 unspecified atom stereocenters. The third-order valence-corrected chi connectivity index (χ3v) is 3.83. The van der Waals surface area contributed by atoms with Gasteiger partial charge in [-0.1, -0.05) is 19.1 Å². The first-order chi connectivity index (χ1) is 9.74. The number of halogens is 2. The fourth-order valence-electron chi connectivity index (χ4n) is 2.49. The van der Waals surface area contributed by atoms with Crippen molar-refractivity contribution in [1.29, 1.82) is 0 Å². The van der Waals surface area contributed by atoms with E-state index >= 15 is 0 Å². The Morgan fingerprint density at radius 3 is 2.73 bits per heavy atom. The van der Waals surface area contributed by atoms with E-state index < -0.39 is 0 Å². The standard InChI is InChI=1S/C15H18N4O.2ClH/c1-10-6-7-16-8-13(10)19-15(20)14-9-17-11-4-2-3-5-12(11)18-14;;/h2-5,9-10,13,16H,6-8H2,1H3,(H,19,20);2*1H. The highest BCUT2D eigenvalue weighted by molar-refractivity contribution is 5.94. The van der Waals surface area contributed by atoms with Crippen LogP contribution in [-0.2, 0) is 0 Å². The van der Waals surface area contributed by atoms with Crippen molar-refractivity contribution in [3.8, 4) is 0 Å². The van der Waals surface area contributed by atoms with Gasteiger partial charge in [0, 0.05) is 12.6 Å². The van der Waals surface area contributed by atoms with Crippen LogP contribution in [0.15, 0.2) is 30.5 Å². The van der Waals surface area contributed by atoms with Crippen LogP contribution in [0.25, 0.3) is 11.0 Å². The molecule has 2 N–H and O–H groups in total. The Morgan fingerprint density at radius 2 is 2.00 bits per heavy atom. The third-order valence-electron chi connectivity index (χ3n) is 3.83. The van der Waals surface area contributed by atoms with Crippen molar-refractivity contribution < 1.29 is 4.79 Å². The Kier molecular flexibility index (Phi) is 7.00. The van der Waals surface area contributed by atoms with E-state index in [-0.39, 0.29) is 36.8 Å². The van der Waals surface area contributed by atoms with Crippen LogP contribution in [0.3, 0.4) is 0 Å². The maximum atomic E-state index is 12.3. The Labute approximate surface area is 142 Å². The van der Waals surface area contributed by atoms with Crippen molar-refractivity contribution in [3.05, 3.63) is 36.2 Å². The van der Waals surface area contributed by atoms with Crippen molar-refractivity contribution in [2.24, 2.45) is 5.92 Å². The van der Waals surface area contributed by atoms with E-state index in [4.69, 9.17) is 0 Å². The zero-order chi connectivity index (χ0) is 13.9. The first-order valence-electron chi connectivity index (χ1n) is 6.97. The fourth-order valence-corrected chi connectivity index (χ4v) is 2.49. The minimum atomic E-state index is -0.149. The number of piperidine rings is 1. The Hall–Kier alpha value is -1.43. The molecule has 5 nitrogen and oxygen atoms in total. The van der Waals surface area contributed by atoms with Gasteiger partial charge in [-0.05, 0) is 31.0 Å². The lowest BCUT2D eigenvalue weighted by atomic mass is 9.95. The molecule has 1 aromatic carbocycles. The normalized spacial score (nSPS) is 20.6. The second-order valence-corrected chi connectivity index (χ2v) is 5.29. The van der Waals surface area contributed by atoms with E-state index in [0.717, 1.165) is 30.5 Å². The van der Waals surface area contributed by atoms with Gasteiger partial charge < -0.3 is 10.6 Å². The lowest BCUT2D eigenvalue weighted by Crippen LogP contribution is -2.50. The number of carbonyl (C=O) groups is 1. The van der Waals surface area contributed by atoms with E-state index in [2.05, 4.69) is 27.5 Å². The van der Waals surface area contributed by atoms with Gasteiger partial charge in [-0.3, -0.25) is 9.78 Å². The highest BCUT2D eigenvalue weighted by Crippen LogP contribution is 2.13. The Morgan fingerprint density at radius 1 is 1.27 bits per heavy atom. The molecule has 0 radical (unpaired) electrons. The fraction of sp³-hybridized carbons (Fsp3) is 0.400. The molecule has 1 aliphatic rings. The van der Waals surface area contributed by atoms with Gasteiger partial charge in [-0.15, -0.1) is 24.8 Å².